The Morgan fingerprint density at radius 2 is 1.71 bits per heavy atom. The molecule has 11 rings (SSSR count). The number of hydrogen-bond donors (Lipinski definition) is 4. The maximum Gasteiger partial charge on any atom is 0.254 e. The van der Waals surface area contributed by atoms with E-state index in [4.69, 9.17) is 24.5 Å². The average Bonchev–Trinajstić information content (AvgIpc) is 4.35. The van der Waals surface area contributed by atoms with Crippen LogP contribution in [-0.4, -0.2) is 151 Å². The number of aromatic nitrogens is 6. The van der Waals surface area contributed by atoms with Gasteiger partial charge in [0.25, 0.3) is 5.88 Å². The minimum Gasteiger partial charge on any atom is -0.507 e. The summed E-state index contributed by atoms with van der Waals surface area (Å²) in [5.74, 6) is -0.625. The third kappa shape index (κ3) is 11.3. The molecule has 6 atom stereocenters. The monoisotopic (exact) mass is 1090 g/mol. The number of benzene rings is 1. The number of nitrogens with one attached hydrogen (secondary N) is 1. The molecule has 6 aromatic rings. The van der Waals surface area contributed by atoms with Crippen molar-refractivity contribution in [3.05, 3.63) is 95.3 Å². The highest BCUT2D eigenvalue weighted by molar-refractivity contribution is 7.13. The lowest BCUT2D eigenvalue weighted by atomic mass is 9.91. The van der Waals surface area contributed by atoms with E-state index in [2.05, 4.69) is 62.5 Å². The molecule has 1 aromatic carbocycles. The molecule has 4 saturated heterocycles. The van der Waals surface area contributed by atoms with Gasteiger partial charge in [-0.1, -0.05) is 26.0 Å². The third-order valence-electron chi connectivity index (χ3n) is 16.0. The van der Waals surface area contributed by atoms with E-state index >= 15 is 4.39 Å². The molecule has 2 bridgehead atoms. The zero-order valence-corrected chi connectivity index (χ0v) is 45.1. The van der Waals surface area contributed by atoms with Gasteiger partial charge in [0.1, 0.15) is 36.1 Å². The number of nitrogens with zero attached hydrogens (tertiary/aromatic N) is 10. The highest BCUT2D eigenvalue weighted by atomic mass is 32.1. The van der Waals surface area contributed by atoms with E-state index in [1.807, 2.05) is 38.2 Å². The molecule has 1 aliphatic carbocycles. The maximum absolute atomic E-state index is 15.2. The Balaban J connectivity index is 0.603. The number of aromatic hydroxyl groups is 1. The second-order valence-electron chi connectivity index (χ2n) is 21.7. The van der Waals surface area contributed by atoms with Crippen molar-refractivity contribution in [3.8, 4) is 39.3 Å². The van der Waals surface area contributed by atoms with Crippen LogP contribution in [0.15, 0.2) is 77.0 Å². The van der Waals surface area contributed by atoms with Crippen molar-refractivity contribution in [2.45, 2.75) is 127 Å². The summed E-state index contributed by atoms with van der Waals surface area (Å²) in [6.07, 6.45) is 8.46. The number of rotatable bonds is 18. The van der Waals surface area contributed by atoms with Gasteiger partial charge < -0.3 is 54.7 Å². The number of anilines is 3. The van der Waals surface area contributed by atoms with Crippen LogP contribution in [0.2, 0.25) is 0 Å². The average molecular weight is 1090 g/mol. The number of carbonyl (C=O) groups is 2. The fourth-order valence-electron chi connectivity index (χ4n) is 11.8. The Kier molecular flexibility index (Phi) is 15.5. The second-order valence-corrected chi connectivity index (χ2v) is 22.6. The van der Waals surface area contributed by atoms with Crippen LogP contribution in [0.3, 0.4) is 0 Å². The molecule has 2 amide bonds. The number of piperazine rings is 1. The van der Waals surface area contributed by atoms with Gasteiger partial charge in [-0.3, -0.25) is 19.5 Å². The zero-order valence-electron chi connectivity index (χ0n) is 44.3. The van der Waals surface area contributed by atoms with Gasteiger partial charge in [-0.25, -0.2) is 14.4 Å². The summed E-state index contributed by atoms with van der Waals surface area (Å²) in [7, 11) is 0. The number of amides is 2. The van der Waals surface area contributed by atoms with Gasteiger partial charge in [-0.15, -0.1) is 21.5 Å². The molecule has 9 heterocycles. The Hall–Kier alpha value is -7.01. The van der Waals surface area contributed by atoms with Crippen LogP contribution in [0.4, 0.5) is 21.6 Å². The number of likely N-dealkylation sites (tertiary alicyclic amines) is 2. The molecule has 5 aromatic heterocycles. The number of carbonyl (C=O) groups excluding carboxylic acids is 2. The number of β-amino-alcohol motifs (C(OH)–C–C–N with tert-alkyl or cyclic N) is 1. The topological polar surface area (TPSA) is 244 Å². The van der Waals surface area contributed by atoms with Crippen molar-refractivity contribution in [2.75, 3.05) is 61.4 Å². The number of piperidine rings is 1. The highest BCUT2D eigenvalue weighted by Gasteiger charge is 2.45. The molecule has 2 unspecified atom stereocenters. The fourth-order valence-corrected chi connectivity index (χ4v) is 12.6. The molecule has 4 aliphatic heterocycles. The van der Waals surface area contributed by atoms with Gasteiger partial charge in [0.15, 0.2) is 17.4 Å². The van der Waals surface area contributed by atoms with Gasteiger partial charge in [-0.2, -0.15) is 0 Å². The number of aryl methyl sites for hydroxylation is 1. The summed E-state index contributed by atoms with van der Waals surface area (Å²) in [6.45, 7) is 11.6. The lowest BCUT2D eigenvalue weighted by molar-refractivity contribution is -0.141. The smallest absolute Gasteiger partial charge is 0.254 e. The maximum atomic E-state index is 15.2. The molecule has 5 aliphatic rings. The van der Waals surface area contributed by atoms with Crippen LogP contribution in [0, 0.1) is 18.7 Å². The number of nitrogens with two attached hydrogens (primary N) is 1. The van der Waals surface area contributed by atoms with E-state index in [9.17, 15) is 19.8 Å². The van der Waals surface area contributed by atoms with Crippen molar-refractivity contribution >= 4 is 40.3 Å². The van der Waals surface area contributed by atoms with E-state index < -0.39 is 35.8 Å². The van der Waals surface area contributed by atoms with Crippen LogP contribution >= 0.6 is 11.3 Å². The van der Waals surface area contributed by atoms with E-state index in [0.717, 1.165) is 76.1 Å². The first-order valence-corrected chi connectivity index (χ1v) is 28.0. The number of phenolic OH excluding ortho intramolecular Hbond substituents is 1. The molecular formula is C56H67FN12O8S. The molecule has 0 radical (unpaired) electrons. The lowest BCUT2D eigenvalue weighted by Crippen LogP contribution is -2.54. The summed E-state index contributed by atoms with van der Waals surface area (Å²) < 4.78 is 39.9. The van der Waals surface area contributed by atoms with E-state index in [-0.39, 0.29) is 72.5 Å². The van der Waals surface area contributed by atoms with Gasteiger partial charge in [0.05, 0.1) is 51.8 Å². The van der Waals surface area contributed by atoms with Crippen molar-refractivity contribution in [1.29, 1.82) is 0 Å². The number of aliphatic hydroxyl groups is 1. The first kappa shape index (κ1) is 53.0. The van der Waals surface area contributed by atoms with Crippen molar-refractivity contribution in [2.24, 2.45) is 5.92 Å². The molecular weight excluding hydrogens is 1020 g/mol. The number of para-hydroxylation sites is 1. The zero-order chi connectivity index (χ0) is 54.2. The van der Waals surface area contributed by atoms with Crippen LogP contribution in [0.5, 0.6) is 17.5 Å². The Labute approximate surface area is 456 Å². The molecule has 412 valence electrons. The SMILES string of the molecule is Cc1ncsc1-c1ncc([C@@H](C)NC(=O)[C@@H]2C[C@@H](O)CN2C(=O)C(c2cc(OCCN3CCC(OC4CC(Oc5cc(N6C7CC[C@@H]6CN(c6cc(-c8ccccc8O)nnc6N)C7)ccn5)C4)CC3)no2)C(C)C)cc1F. The molecule has 78 heavy (non-hydrogen) atoms. The van der Waals surface area contributed by atoms with Crippen LogP contribution < -0.4 is 30.3 Å². The van der Waals surface area contributed by atoms with Crippen LogP contribution in [0.1, 0.15) is 94.7 Å². The van der Waals surface area contributed by atoms with E-state index in [1.54, 1.807) is 37.6 Å². The van der Waals surface area contributed by atoms with Crippen LogP contribution in [-0.2, 0) is 14.3 Å². The number of halogens is 1. The number of nitrogen functional groups attached to an aromatic ring is 1. The first-order chi connectivity index (χ1) is 37.7. The van der Waals surface area contributed by atoms with Gasteiger partial charge >= 0.3 is 0 Å². The van der Waals surface area contributed by atoms with E-state index in [0.29, 0.717) is 58.0 Å². The van der Waals surface area contributed by atoms with Crippen molar-refractivity contribution in [1.82, 2.24) is 45.4 Å². The van der Waals surface area contributed by atoms with Gasteiger partial charge in [0.2, 0.25) is 17.7 Å². The van der Waals surface area contributed by atoms with Crippen LogP contribution in [0.25, 0.3) is 21.8 Å². The molecule has 0 spiro atoms. The Bertz CT molecular complexity index is 3080. The largest absolute Gasteiger partial charge is 0.507 e. The first-order valence-electron chi connectivity index (χ1n) is 27.1. The minimum absolute atomic E-state index is 0.0204. The van der Waals surface area contributed by atoms with E-state index in [1.165, 1.54) is 28.5 Å². The van der Waals surface area contributed by atoms with Gasteiger partial charge in [-0.05, 0) is 86.5 Å². The standard InChI is InChI=1S/C56H67FN12O8S/c1-31(2)51(56(73)68-29-38(70)21-46(68)55(72)62-32(3)34-19-43(57)52(60-26-34)53-33(4)61-30-78-53)48-25-50(65-77-48)74-18-17-66-15-12-39(13-16-66)75-40-22-41(23-40)76-49-20-35(11-14-59-49)69-36-9-10-37(69)28-67(27-36)45-24-44(63-64-54(45)58)42-7-5-6-8-47(42)71/h5-8,11,14,19-20,24-26,30-32,36-41,46,51,70-71H,9-10,12-13,15-18,21-23,27-29H2,1-4H3,(H2,58,64)(H,62,72)/t32-,36-,37?,38-,40?,41?,46+,51?/m1/s1. The summed E-state index contributed by atoms with van der Waals surface area (Å²) in [5.41, 5.74) is 12.5. The van der Waals surface area contributed by atoms with Crippen molar-refractivity contribution in [3.63, 3.8) is 0 Å². The summed E-state index contributed by atoms with van der Waals surface area (Å²) in [6, 6.07) is 15.2. The number of thiazole rings is 1. The molecule has 1 saturated carbocycles. The molecule has 20 nitrogen and oxygen atoms in total. The molecule has 5 fully saturated rings. The minimum atomic E-state index is -0.947. The van der Waals surface area contributed by atoms with Gasteiger partial charge in [0, 0.05) is 106 Å². The summed E-state index contributed by atoms with van der Waals surface area (Å²) in [5, 5.41) is 36.7. The predicted octanol–water partition coefficient (Wildman–Crippen LogP) is 6.69. The van der Waals surface area contributed by atoms with Crippen molar-refractivity contribution < 1.29 is 42.9 Å². The number of fused-ring (bicyclic) bond motifs is 2. The molecule has 22 heteroatoms. The predicted molar refractivity (Wildman–Crippen MR) is 290 cm³/mol. The highest BCUT2D eigenvalue weighted by Crippen LogP contribution is 2.41. The summed E-state index contributed by atoms with van der Waals surface area (Å²) >= 11 is 1.30. The number of ether oxygens (including phenoxy) is 3. The number of phenols is 1. The number of aliphatic hydroxyl groups excluding tert-OH is 1. The third-order valence-corrected chi connectivity index (χ3v) is 17.0. The number of pyridine rings is 2. The molecule has 5 N–H and O–H groups in total. The Morgan fingerprint density at radius 1 is 0.923 bits per heavy atom. The normalized spacial score (nSPS) is 23.3. The Morgan fingerprint density at radius 3 is 2.44 bits per heavy atom. The lowest BCUT2D eigenvalue weighted by Gasteiger charge is -2.43. The fraction of sp³-hybridized carbons (Fsp3) is 0.500. The number of hydrogen-bond acceptors (Lipinski definition) is 19. The summed E-state index contributed by atoms with van der Waals surface area (Å²) in [4.78, 5) is 50.3. The quantitative estimate of drug-likeness (QED) is 0.0701. The second kappa shape index (κ2) is 22.8.